The van der Waals surface area contributed by atoms with Crippen LogP contribution in [-0.4, -0.2) is 35.4 Å². The van der Waals surface area contributed by atoms with Crippen LogP contribution in [-0.2, 0) is 0 Å². The van der Waals surface area contributed by atoms with Crippen molar-refractivity contribution >= 4 is 11.7 Å². The minimum Gasteiger partial charge on any atom is -0.370 e. The number of pyridine rings is 1. The molecule has 0 unspecified atom stereocenters. The Labute approximate surface area is 129 Å². The molecule has 0 bridgehead atoms. The normalized spacial score (nSPS) is 11.0. The number of carbonyl (C=O) groups excluding carboxylic acids is 1. The summed E-state index contributed by atoms with van der Waals surface area (Å²) in [4.78, 5) is 19.1. The first-order chi connectivity index (χ1) is 9.94. The first-order valence-electron chi connectivity index (χ1n) is 7.97. The van der Waals surface area contributed by atoms with Gasteiger partial charge in [-0.2, -0.15) is 0 Å². The van der Waals surface area contributed by atoms with Crippen molar-refractivity contribution < 1.29 is 4.79 Å². The largest absolute Gasteiger partial charge is 0.370 e. The van der Waals surface area contributed by atoms with Crippen LogP contribution in [0.25, 0.3) is 0 Å². The summed E-state index contributed by atoms with van der Waals surface area (Å²) in [7, 11) is 1.89. The van der Waals surface area contributed by atoms with E-state index in [1.807, 2.05) is 31.0 Å². The van der Waals surface area contributed by atoms with Crippen LogP contribution in [0.5, 0.6) is 0 Å². The molecule has 0 atom stereocenters. The van der Waals surface area contributed by atoms with Gasteiger partial charge >= 0.3 is 0 Å². The van der Waals surface area contributed by atoms with Gasteiger partial charge in [0.2, 0.25) is 0 Å². The van der Waals surface area contributed by atoms with E-state index < -0.39 is 0 Å². The van der Waals surface area contributed by atoms with Crippen LogP contribution >= 0.6 is 0 Å². The van der Waals surface area contributed by atoms with Crippen LogP contribution in [0, 0.1) is 0 Å². The maximum atomic E-state index is 12.7. The van der Waals surface area contributed by atoms with Crippen molar-refractivity contribution in [1.29, 1.82) is 0 Å². The SMILES string of the molecule is CCNc1cc(C(=O)N(C)C(CC)CC)cc(C(C)C)n1. The van der Waals surface area contributed by atoms with Gasteiger partial charge in [-0.05, 0) is 37.8 Å². The highest BCUT2D eigenvalue weighted by molar-refractivity contribution is 5.95. The minimum absolute atomic E-state index is 0.0761. The molecule has 0 fully saturated rings. The van der Waals surface area contributed by atoms with E-state index in [0.29, 0.717) is 5.92 Å². The van der Waals surface area contributed by atoms with Gasteiger partial charge in [0.1, 0.15) is 5.82 Å². The molecule has 0 aromatic carbocycles. The summed E-state index contributed by atoms with van der Waals surface area (Å²) < 4.78 is 0. The Morgan fingerprint density at radius 1 is 1.24 bits per heavy atom. The van der Waals surface area contributed by atoms with Gasteiger partial charge in [0.05, 0.1) is 0 Å². The fraction of sp³-hybridized carbons (Fsp3) is 0.647. The van der Waals surface area contributed by atoms with E-state index in [0.717, 1.165) is 36.5 Å². The Bertz CT molecular complexity index is 467. The first kappa shape index (κ1) is 17.5. The molecular formula is C17H29N3O. The zero-order valence-electron chi connectivity index (χ0n) is 14.2. The third-order valence-electron chi connectivity index (χ3n) is 3.85. The number of nitrogens with zero attached hydrogens (tertiary/aromatic N) is 2. The second kappa shape index (κ2) is 8.01. The Balaban J connectivity index is 3.12. The van der Waals surface area contributed by atoms with E-state index in [1.54, 1.807) is 0 Å². The number of rotatable bonds is 7. The van der Waals surface area contributed by atoms with Crippen molar-refractivity contribution in [2.24, 2.45) is 0 Å². The summed E-state index contributed by atoms with van der Waals surface area (Å²) in [5, 5.41) is 3.21. The minimum atomic E-state index is 0.0761. The molecule has 0 radical (unpaired) electrons. The van der Waals surface area contributed by atoms with Crippen LogP contribution in [0.3, 0.4) is 0 Å². The van der Waals surface area contributed by atoms with E-state index >= 15 is 0 Å². The summed E-state index contributed by atoms with van der Waals surface area (Å²) in [6.07, 6.45) is 1.95. The zero-order valence-corrected chi connectivity index (χ0v) is 14.2. The number of anilines is 1. The highest BCUT2D eigenvalue weighted by Crippen LogP contribution is 2.20. The predicted octanol–water partition coefficient (Wildman–Crippen LogP) is 3.90. The monoisotopic (exact) mass is 291 g/mol. The van der Waals surface area contributed by atoms with Crippen LogP contribution < -0.4 is 5.32 Å². The molecule has 1 aromatic rings. The standard InChI is InChI=1S/C17H29N3O/c1-7-14(8-2)20(6)17(21)13-10-15(12(4)5)19-16(11-13)18-9-3/h10-12,14H,7-9H2,1-6H3,(H,18,19). The number of amides is 1. The molecule has 1 heterocycles. The fourth-order valence-electron chi connectivity index (χ4n) is 2.45. The van der Waals surface area contributed by atoms with Gasteiger partial charge in [-0.1, -0.05) is 27.7 Å². The third kappa shape index (κ3) is 4.45. The average Bonchev–Trinajstić information content (AvgIpc) is 2.47. The van der Waals surface area contributed by atoms with Gasteiger partial charge in [0, 0.05) is 30.9 Å². The molecule has 4 heteroatoms. The second-order valence-electron chi connectivity index (χ2n) is 5.74. The van der Waals surface area contributed by atoms with Gasteiger partial charge in [-0.3, -0.25) is 4.79 Å². The Hall–Kier alpha value is -1.58. The molecule has 1 amide bonds. The maximum absolute atomic E-state index is 12.7. The molecule has 0 aliphatic rings. The highest BCUT2D eigenvalue weighted by atomic mass is 16.2. The quantitative estimate of drug-likeness (QED) is 0.828. The van der Waals surface area contributed by atoms with Crippen molar-refractivity contribution in [2.45, 2.75) is 59.4 Å². The summed E-state index contributed by atoms with van der Waals surface area (Å²) in [5.41, 5.74) is 1.67. The van der Waals surface area contributed by atoms with Gasteiger partial charge in [0.25, 0.3) is 5.91 Å². The lowest BCUT2D eigenvalue weighted by Crippen LogP contribution is -2.36. The third-order valence-corrected chi connectivity index (χ3v) is 3.85. The summed E-state index contributed by atoms with van der Waals surface area (Å²) in [6, 6.07) is 4.07. The topological polar surface area (TPSA) is 45.2 Å². The molecule has 21 heavy (non-hydrogen) atoms. The van der Waals surface area contributed by atoms with Crippen LogP contribution in [0.1, 0.15) is 69.4 Å². The van der Waals surface area contributed by atoms with Crippen molar-refractivity contribution in [3.05, 3.63) is 23.4 Å². The number of hydrogen-bond acceptors (Lipinski definition) is 3. The molecule has 0 aliphatic carbocycles. The van der Waals surface area contributed by atoms with E-state index in [2.05, 4.69) is 38.0 Å². The number of nitrogens with one attached hydrogen (secondary N) is 1. The van der Waals surface area contributed by atoms with E-state index in [1.165, 1.54) is 0 Å². The van der Waals surface area contributed by atoms with Gasteiger partial charge in [-0.15, -0.1) is 0 Å². The lowest BCUT2D eigenvalue weighted by Gasteiger charge is -2.26. The molecule has 0 aliphatic heterocycles. The molecular weight excluding hydrogens is 262 g/mol. The first-order valence-corrected chi connectivity index (χ1v) is 7.97. The van der Waals surface area contributed by atoms with Crippen LogP contribution in [0.4, 0.5) is 5.82 Å². The molecule has 1 N–H and O–H groups in total. The molecule has 1 rings (SSSR count). The summed E-state index contributed by atoms with van der Waals surface area (Å²) >= 11 is 0. The number of carbonyl (C=O) groups is 1. The van der Waals surface area contributed by atoms with Gasteiger partial charge in [0.15, 0.2) is 0 Å². The molecule has 118 valence electrons. The molecule has 4 nitrogen and oxygen atoms in total. The van der Waals surface area contributed by atoms with Crippen molar-refractivity contribution in [3.8, 4) is 0 Å². The smallest absolute Gasteiger partial charge is 0.254 e. The lowest BCUT2D eigenvalue weighted by atomic mass is 10.1. The van der Waals surface area contributed by atoms with Crippen molar-refractivity contribution in [2.75, 3.05) is 18.9 Å². The predicted molar refractivity (Wildman–Crippen MR) is 89.0 cm³/mol. The summed E-state index contributed by atoms with van der Waals surface area (Å²) in [6.45, 7) is 11.3. The van der Waals surface area contributed by atoms with Crippen molar-refractivity contribution in [1.82, 2.24) is 9.88 Å². The zero-order chi connectivity index (χ0) is 16.0. The lowest BCUT2D eigenvalue weighted by molar-refractivity contribution is 0.0723. The van der Waals surface area contributed by atoms with E-state index in [-0.39, 0.29) is 11.9 Å². The molecule has 0 spiro atoms. The molecule has 1 aromatic heterocycles. The van der Waals surface area contributed by atoms with Crippen LogP contribution in [0.2, 0.25) is 0 Å². The molecule has 0 saturated heterocycles. The summed E-state index contributed by atoms with van der Waals surface area (Å²) in [5.74, 6) is 1.16. The number of hydrogen-bond donors (Lipinski definition) is 1. The molecule has 0 saturated carbocycles. The second-order valence-corrected chi connectivity index (χ2v) is 5.74. The van der Waals surface area contributed by atoms with Crippen molar-refractivity contribution in [3.63, 3.8) is 0 Å². The van der Waals surface area contributed by atoms with Gasteiger partial charge in [-0.25, -0.2) is 4.98 Å². The highest BCUT2D eigenvalue weighted by Gasteiger charge is 2.20. The Morgan fingerprint density at radius 2 is 1.86 bits per heavy atom. The van der Waals surface area contributed by atoms with E-state index in [9.17, 15) is 4.79 Å². The fourth-order valence-corrected chi connectivity index (χ4v) is 2.45. The van der Waals surface area contributed by atoms with Crippen LogP contribution in [0.15, 0.2) is 12.1 Å². The average molecular weight is 291 g/mol. The number of aromatic nitrogens is 1. The van der Waals surface area contributed by atoms with E-state index in [4.69, 9.17) is 0 Å². The Kier molecular flexibility index (Phi) is 6.66. The Morgan fingerprint density at radius 3 is 2.33 bits per heavy atom. The maximum Gasteiger partial charge on any atom is 0.254 e. The van der Waals surface area contributed by atoms with Gasteiger partial charge < -0.3 is 10.2 Å².